The highest BCUT2D eigenvalue weighted by molar-refractivity contribution is 5.76. The standard InChI is InChI=1S/C18H24O6.C17H24O4.C16H24O2.CH4.B.3H2O/c1-4-24-18(21)15-12-13(7-5-9-16(19)22-2)11-14(15)8-6-10-17(20)23-3;1-4-6-9-14-11-13(8-7-10-16(18)20-3)12-15(14)17(19)21-5-2;1-4-7-9-13-11-14(10-8-5-2)15(12-13)16(17)18-6-3;;;;;/h4-8,13-15H,1,9-12H2,2-3H3;5-9,13-15H,2,4,10-12H2,1,3H3;6-10,13-15H,3-5,11-12H2,1-2H3;1H4;;3*1H2/b7-5+,8-6+;8-7+,9-6+;9-7+,10-8+;;;;;. The topological polar surface area (TPSA) is 252 Å². The van der Waals surface area contributed by atoms with Crippen LogP contribution in [0.3, 0.4) is 0 Å². The first-order valence-electron chi connectivity index (χ1n) is 22.0. The van der Waals surface area contributed by atoms with E-state index in [2.05, 4.69) is 91.2 Å². The van der Waals surface area contributed by atoms with Gasteiger partial charge >= 0.3 is 35.8 Å². The van der Waals surface area contributed by atoms with Gasteiger partial charge in [-0.05, 0) is 93.3 Å². The molecule has 0 saturated heterocycles. The molecule has 0 bridgehead atoms. The van der Waals surface area contributed by atoms with Crippen LogP contribution in [-0.2, 0) is 57.2 Å². The lowest BCUT2D eigenvalue weighted by Crippen LogP contribution is -2.18. The van der Waals surface area contributed by atoms with Crippen molar-refractivity contribution < 1.29 is 73.6 Å². The fraction of sp³-hybridized carbons (Fsp3) is 0.538. The minimum Gasteiger partial charge on any atom is -0.469 e. The van der Waals surface area contributed by atoms with Crippen molar-refractivity contribution in [2.75, 3.05) is 21.3 Å². The molecule has 0 aromatic heterocycles. The fourth-order valence-corrected chi connectivity index (χ4v) is 8.02. The summed E-state index contributed by atoms with van der Waals surface area (Å²) in [6, 6.07) is 0. The number of carbonyl (C=O) groups excluding carboxylic acids is 6. The van der Waals surface area contributed by atoms with E-state index in [-0.39, 0.29) is 129 Å². The quantitative estimate of drug-likeness (QED) is 0.0349. The first kappa shape index (κ1) is 71.4. The summed E-state index contributed by atoms with van der Waals surface area (Å²) >= 11 is 0. The van der Waals surface area contributed by atoms with Gasteiger partial charge in [0, 0.05) is 8.41 Å². The van der Waals surface area contributed by atoms with Crippen molar-refractivity contribution in [1.29, 1.82) is 0 Å². The molecule has 9 unspecified atom stereocenters. The fourth-order valence-electron chi connectivity index (χ4n) is 8.02. The zero-order valence-electron chi connectivity index (χ0n) is 40.4. The van der Waals surface area contributed by atoms with Crippen LogP contribution in [0.5, 0.6) is 0 Å². The van der Waals surface area contributed by atoms with E-state index in [1.807, 2.05) is 24.3 Å². The van der Waals surface area contributed by atoms with Crippen molar-refractivity contribution in [2.24, 2.45) is 53.3 Å². The summed E-state index contributed by atoms with van der Waals surface area (Å²) in [7, 11) is 4.05. The van der Waals surface area contributed by atoms with Gasteiger partial charge in [-0.25, -0.2) is 0 Å². The van der Waals surface area contributed by atoms with Crippen LogP contribution in [0.25, 0.3) is 0 Å². The van der Waals surface area contributed by atoms with Crippen LogP contribution in [0.4, 0.5) is 0 Å². The number of methoxy groups -OCH3 is 3. The smallest absolute Gasteiger partial charge is 0.314 e. The third kappa shape index (κ3) is 27.9. The molecule has 3 rings (SSSR count). The molecule has 3 radical (unpaired) electrons. The van der Waals surface area contributed by atoms with Crippen LogP contribution < -0.4 is 0 Å². The maximum Gasteiger partial charge on any atom is 0.314 e. The van der Waals surface area contributed by atoms with Crippen molar-refractivity contribution in [1.82, 2.24) is 0 Å². The van der Waals surface area contributed by atoms with Crippen LogP contribution in [0.2, 0.25) is 0 Å². The summed E-state index contributed by atoms with van der Waals surface area (Å²) in [4.78, 5) is 69.3. The van der Waals surface area contributed by atoms with Gasteiger partial charge in [0.2, 0.25) is 0 Å². The predicted molar refractivity (Wildman–Crippen MR) is 267 cm³/mol. The number of carbonyl (C=O) groups is 6. The summed E-state index contributed by atoms with van der Waals surface area (Å²) in [6.07, 6.45) is 36.1. The molecule has 3 fully saturated rings. The minimum atomic E-state index is -0.332. The Kier molecular flexibility index (Phi) is 44.9. The SMILES string of the molecule is C.C=COC(=O)C1CC(/C=C/CC(=O)OC)CC1/C=C/CC.C=COC(=O)C1CC(/C=C/CC(=O)OC)CC1/C=C/CC(=O)OC.C=COC(=O)C1CC(/C=C/CC)CC1/C=C/CC.O.O.O.[B]. The Morgan fingerprint density at radius 2 is 0.662 bits per heavy atom. The first-order valence-corrected chi connectivity index (χ1v) is 22.0. The maximum absolute atomic E-state index is 12.1. The van der Waals surface area contributed by atoms with Gasteiger partial charge in [-0.2, -0.15) is 0 Å². The highest BCUT2D eigenvalue weighted by Gasteiger charge is 2.39. The predicted octanol–water partition coefficient (Wildman–Crippen LogP) is 7.98. The first-order chi connectivity index (χ1) is 30.4. The van der Waals surface area contributed by atoms with E-state index >= 15 is 0 Å². The lowest BCUT2D eigenvalue weighted by Gasteiger charge is -2.13. The van der Waals surface area contributed by atoms with Gasteiger partial charge in [-0.1, -0.05) is 121 Å². The van der Waals surface area contributed by atoms with Gasteiger partial charge in [-0.15, -0.1) is 0 Å². The van der Waals surface area contributed by atoms with Gasteiger partial charge in [0.25, 0.3) is 0 Å². The molecule has 0 aromatic carbocycles. The largest absolute Gasteiger partial charge is 0.469 e. The Morgan fingerprint density at radius 3 is 0.912 bits per heavy atom. The van der Waals surface area contributed by atoms with Gasteiger partial charge < -0.3 is 44.8 Å². The van der Waals surface area contributed by atoms with Crippen molar-refractivity contribution in [3.8, 4) is 0 Å². The molecule has 383 valence electrons. The third-order valence-electron chi connectivity index (χ3n) is 11.1. The molecule has 0 amide bonds. The number of hydrogen-bond acceptors (Lipinski definition) is 12. The second-order valence-electron chi connectivity index (χ2n) is 15.5. The number of allylic oxidation sites excluding steroid dienone is 9. The number of hydrogen-bond donors (Lipinski definition) is 0. The Balaban J connectivity index is -0.000000284. The molecule has 3 saturated carbocycles. The van der Waals surface area contributed by atoms with E-state index in [0.29, 0.717) is 18.3 Å². The van der Waals surface area contributed by atoms with Crippen LogP contribution >= 0.6 is 0 Å². The van der Waals surface area contributed by atoms with Crippen molar-refractivity contribution in [3.05, 3.63) is 111 Å². The van der Waals surface area contributed by atoms with Gasteiger partial charge in [-0.3, -0.25) is 28.8 Å². The molecule has 0 aromatic rings. The molecule has 0 aliphatic heterocycles. The number of rotatable bonds is 21. The molecule has 68 heavy (non-hydrogen) atoms. The molecule has 9 atom stereocenters. The Labute approximate surface area is 408 Å². The average Bonchev–Trinajstić information content (AvgIpc) is 4.01. The normalized spacial score (nSPS) is 23.5. The van der Waals surface area contributed by atoms with E-state index < -0.39 is 0 Å². The third-order valence-corrected chi connectivity index (χ3v) is 11.1. The summed E-state index contributed by atoms with van der Waals surface area (Å²) in [5, 5.41) is 0. The number of esters is 6. The molecule has 6 N–H and O–H groups in total. The summed E-state index contributed by atoms with van der Waals surface area (Å²) in [6.45, 7) is 16.6. The zero-order chi connectivity index (χ0) is 47.0. The molecular formula is C52H82BO15. The Morgan fingerprint density at radius 1 is 0.426 bits per heavy atom. The molecule has 3 aliphatic rings. The van der Waals surface area contributed by atoms with Crippen molar-refractivity contribution in [2.45, 2.75) is 105 Å². The maximum atomic E-state index is 12.1. The number of ether oxygens (including phenoxy) is 6. The zero-order valence-corrected chi connectivity index (χ0v) is 40.4. The van der Waals surface area contributed by atoms with E-state index in [1.54, 1.807) is 12.2 Å². The van der Waals surface area contributed by atoms with E-state index in [1.165, 1.54) is 33.9 Å². The van der Waals surface area contributed by atoms with E-state index in [0.717, 1.165) is 57.6 Å². The van der Waals surface area contributed by atoms with Gasteiger partial charge in [0.1, 0.15) is 0 Å². The monoisotopic (exact) mass is 958 g/mol. The Bertz CT molecular complexity index is 1660. The van der Waals surface area contributed by atoms with Crippen LogP contribution in [0.1, 0.15) is 105 Å². The van der Waals surface area contributed by atoms with Crippen LogP contribution in [0, 0.1) is 53.3 Å². The highest BCUT2D eigenvalue weighted by Crippen LogP contribution is 2.41. The van der Waals surface area contributed by atoms with Crippen LogP contribution in [-0.4, -0.2) is 82.0 Å². The lowest BCUT2D eigenvalue weighted by molar-refractivity contribution is -0.144. The molecular weight excluding hydrogens is 875 g/mol. The molecule has 15 nitrogen and oxygen atoms in total. The summed E-state index contributed by atoms with van der Waals surface area (Å²) in [5.41, 5.74) is 0. The average molecular weight is 958 g/mol. The van der Waals surface area contributed by atoms with Crippen LogP contribution in [0.15, 0.2) is 111 Å². The van der Waals surface area contributed by atoms with E-state index in [4.69, 9.17) is 14.2 Å². The van der Waals surface area contributed by atoms with Crippen molar-refractivity contribution >= 4 is 44.2 Å². The van der Waals surface area contributed by atoms with Gasteiger partial charge in [0.05, 0.1) is 77.1 Å². The minimum absolute atomic E-state index is 0. The lowest BCUT2D eigenvalue weighted by atomic mass is 9.95. The van der Waals surface area contributed by atoms with E-state index in [9.17, 15) is 28.8 Å². The second-order valence-corrected chi connectivity index (χ2v) is 15.5. The van der Waals surface area contributed by atoms with Crippen molar-refractivity contribution in [3.63, 3.8) is 0 Å². The molecule has 0 heterocycles. The Hall–Kier alpha value is -5.58. The second kappa shape index (κ2) is 42.8. The summed E-state index contributed by atoms with van der Waals surface area (Å²) < 4.78 is 28.6. The molecule has 3 aliphatic carbocycles. The summed E-state index contributed by atoms with van der Waals surface area (Å²) in [5.74, 6) is -0.638. The molecule has 16 heteroatoms. The molecule has 0 spiro atoms. The van der Waals surface area contributed by atoms with Gasteiger partial charge in [0.15, 0.2) is 0 Å². The highest BCUT2D eigenvalue weighted by atomic mass is 16.5.